The van der Waals surface area contributed by atoms with Gasteiger partial charge in [0.2, 0.25) is 11.8 Å². The highest BCUT2D eigenvalue weighted by atomic mass is 19.2. The molecule has 0 aliphatic carbocycles. The summed E-state index contributed by atoms with van der Waals surface area (Å²) in [5.41, 5.74) is 6.78. The number of rotatable bonds is 6. The SMILES string of the molecule is N#Cc1ccc(C[C@@H](NC(=O)Cc2ccc(F)c(F)c2)C(N)=O)cc1. The number of carbonyl (C=O) groups is 2. The van der Waals surface area contributed by atoms with Gasteiger partial charge in [-0.15, -0.1) is 0 Å². The Hall–Kier alpha value is -3.27. The summed E-state index contributed by atoms with van der Waals surface area (Å²) in [6, 6.07) is 10.7. The third kappa shape index (κ3) is 5.11. The second kappa shape index (κ2) is 8.02. The molecule has 0 saturated carbocycles. The summed E-state index contributed by atoms with van der Waals surface area (Å²) in [7, 11) is 0. The number of hydrogen-bond acceptors (Lipinski definition) is 3. The normalized spacial score (nSPS) is 11.4. The maximum atomic E-state index is 13.2. The molecule has 0 fully saturated rings. The van der Waals surface area contributed by atoms with Crippen molar-refractivity contribution in [1.29, 1.82) is 5.26 Å². The quantitative estimate of drug-likeness (QED) is 0.834. The van der Waals surface area contributed by atoms with Crippen molar-refractivity contribution in [2.24, 2.45) is 5.73 Å². The van der Waals surface area contributed by atoms with E-state index in [1.165, 1.54) is 6.07 Å². The van der Waals surface area contributed by atoms with Gasteiger partial charge in [0.05, 0.1) is 18.1 Å². The number of nitrogens with zero attached hydrogens (tertiary/aromatic N) is 1. The number of amides is 2. The molecule has 2 amide bonds. The van der Waals surface area contributed by atoms with E-state index in [4.69, 9.17) is 11.0 Å². The summed E-state index contributed by atoms with van der Waals surface area (Å²) in [6.07, 6.45) is -0.0566. The van der Waals surface area contributed by atoms with Crippen LogP contribution in [0.5, 0.6) is 0 Å². The molecule has 0 heterocycles. The van der Waals surface area contributed by atoms with Gasteiger partial charge >= 0.3 is 0 Å². The molecular weight excluding hydrogens is 328 g/mol. The lowest BCUT2D eigenvalue weighted by Crippen LogP contribution is -2.46. The predicted molar refractivity (Wildman–Crippen MR) is 86.0 cm³/mol. The van der Waals surface area contributed by atoms with E-state index in [0.29, 0.717) is 5.56 Å². The Kier molecular flexibility index (Phi) is 5.79. The Bertz CT molecular complexity index is 829. The summed E-state index contributed by atoms with van der Waals surface area (Å²) >= 11 is 0. The van der Waals surface area contributed by atoms with Crippen molar-refractivity contribution in [3.63, 3.8) is 0 Å². The lowest BCUT2D eigenvalue weighted by atomic mass is 10.0. The Labute approximate surface area is 143 Å². The molecule has 5 nitrogen and oxygen atoms in total. The first-order chi connectivity index (χ1) is 11.9. The van der Waals surface area contributed by atoms with Crippen LogP contribution in [-0.2, 0) is 22.4 Å². The lowest BCUT2D eigenvalue weighted by Gasteiger charge is -2.16. The molecule has 0 aliphatic rings. The minimum atomic E-state index is -1.05. The van der Waals surface area contributed by atoms with Crippen molar-refractivity contribution in [3.8, 4) is 6.07 Å². The van der Waals surface area contributed by atoms with Crippen LogP contribution >= 0.6 is 0 Å². The molecule has 0 aliphatic heterocycles. The van der Waals surface area contributed by atoms with Crippen LogP contribution < -0.4 is 11.1 Å². The van der Waals surface area contributed by atoms with E-state index in [-0.39, 0.29) is 18.4 Å². The van der Waals surface area contributed by atoms with Crippen LogP contribution in [0.3, 0.4) is 0 Å². The molecule has 2 aromatic rings. The zero-order chi connectivity index (χ0) is 18.4. The summed E-state index contributed by atoms with van der Waals surface area (Å²) in [5, 5.41) is 11.2. The first-order valence-electron chi connectivity index (χ1n) is 7.40. The minimum absolute atomic E-state index is 0.157. The monoisotopic (exact) mass is 343 g/mol. The highest BCUT2D eigenvalue weighted by molar-refractivity contribution is 5.87. The summed E-state index contributed by atoms with van der Waals surface area (Å²) < 4.78 is 26.1. The van der Waals surface area contributed by atoms with E-state index in [2.05, 4.69) is 5.32 Å². The molecule has 0 spiro atoms. The summed E-state index contributed by atoms with van der Waals surface area (Å²) in [6.45, 7) is 0. The number of carbonyl (C=O) groups excluding carboxylic acids is 2. The van der Waals surface area contributed by atoms with E-state index in [1.807, 2.05) is 6.07 Å². The van der Waals surface area contributed by atoms with Crippen molar-refractivity contribution in [3.05, 3.63) is 70.8 Å². The highest BCUT2D eigenvalue weighted by Gasteiger charge is 2.19. The van der Waals surface area contributed by atoms with Crippen molar-refractivity contribution in [2.45, 2.75) is 18.9 Å². The smallest absolute Gasteiger partial charge is 0.240 e. The molecule has 0 radical (unpaired) electrons. The van der Waals surface area contributed by atoms with Gasteiger partial charge in [-0.25, -0.2) is 8.78 Å². The summed E-state index contributed by atoms with van der Waals surface area (Å²) in [5.74, 6) is -3.30. The Morgan fingerprint density at radius 3 is 2.28 bits per heavy atom. The second-order valence-corrected chi connectivity index (χ2v) is 5.46. The van der Waals surface area contributed by atoms with E-state index >= 15 is 0 Å². The zero-order valence-electron chi connectivity index (χ0n) is 13.1. The van der Waals surface area contributed by atoms with E-state index in [9.17, 15) is 18.4 Å². The van der Waals surface area contributed by atoms with Gasteiger partial charge in [0.15, 0.2) is 11.6 Å². The maximum absolute atomic E-state index is 13.2. The zero-order valence-corrected chi connectivity index (χ0v) is 13.1. The van der Waals surface area contributed by atoms with Gasteiger partial charge in [-0.2, -0.15) is 5.26 Å². The minimum Gasteiger partial charge on any atom is -0.368 e. The van der Waals surface area contributed by atoms with Crippen LogP contribution in [0.4, 0.5) is 8.78 Å². The molecule has 0 unspecified atom stereocenters. The Morgan fingerprint density at radius 2 is 1.72 bits per heavy atom. The Morgan fingerprint density at radius 1 is 1.08 bits per heavy atom. The van der Waals surface area contributed by atoms with Crippen LogP contribution in [0.1, 0.15) is 16.7 Å². The molecule has 0 saturated heterocycles. The topological polar surface area (TPSA) is 96.0 Å². The van der Waals surface area contributed by atoms with Crippen LogP contribution in [0.25, 0.3) is 0 Å². The number of nitriles is 1. The fraction of sp³-hybridized carbons (Fsp3) is 0.167. The average molecular weight is 343 g/mol. The number of halogens is 2. The van der Waals surface area contributed by atoms with E-state index in [1.54, 1.807) is 24.3 Å². The number of nitrogens with one attached hydrogen (secondary N) is 1. The Balaban J connectivity index is 2.02. The maximum Gasteiger partial charge on any atom is 0.240 e. The van der Waals surface area contributed by atoms with Gasteiger partial charge in [-0.05, 0) is 35.4 Å². The highest BCUT2D eigenvalue weighted by Crippen LogP contribution is 2.10. The van der Waals surface area contributed by atoms with E-state index < -0.39 is 29.5 Å². The first kappa shape index (κ1) is 18.1. The lowest BCUT2D eigenvalue weighted by molar-refractivity contribution is -0.127. The van der Waals surface area contributed by atoms with Crippen molar-refractivity contribution >= 4 is 11.8 Å². The number of benzene rings is 2. The van der Waals surface area contributed by atoms with E-state index in [0.717, 1.165) is 17.7 Å². The molecule has 1 atom stereocenters. The molecule has 3 N–H and O–H groups in total. The largest absolute Gasteiger partial charge is 0.368 e. The molecule has 128 valence electrons. The van der Waals surface area contributed by atoms with Gasteiger partial charge in [-0.3, -0.25) is 9.59 Å². The van der Waals surface area contributed by atoms with Crippen LogP contribution in [0.2, 0.25) is 0 Å². The number of primary amides is 1. The van der Waals surface area contributed by atoms with Crippen molar-refractivity contribution in [1.82, 2.24) is 5.32 Å². The third-order valence-corrected chi connectivity index (χ3v) is 3.55. The molecule has 7 heteroatoms. The molecule has 0 aromatic heterocycles. The molecule has 25 heavy (non-hydrogen) atoms. The van der Waals surface area contributed by atoms with Gasteiger partial charge in [0.25, 0.3) is 0 Å². The molecule has 0 bridgehead atoms. The van der Waals surface area contributed by atoms with Gasteiger partial charge < -0.3 is 11.1 Å². The number of nitrogens with two attached hydrogens (primary N) is 1. The van der Waals surface area contributed by atoms with Gasteiger partial charge in [-0.1, -0.05) is 18.2 Å². The molecule has 2 rings (SSSR count). The second-order valence-electron chi connectivity index (χ2n) is 5.46. The van der Waals surface area contributed by atoms with Crippen LogP contribution in [-0.4, -0.2) is 17.9 Å². The van der Waals surface area contributed by atoms with Crippen LogP contribution in [0, 0.1) is 23.0 Å². The summed E-state index contributed by atoms with van der Waals surface area (Å²) in [4.78, 5) is 23.6. The van der Waals surface area contributed by atoms with Gasteiger partial charge in [0.1, 0.15) is 6.04 Å². The van der Waals surface area contributed by atoms with Crippen molar-refractivity contribution < 1.29 is 18.4 Å². The number of hydrogen-bond donors (Lipinski definition) is 2. The molecule has 2 aromatic carbocycles. The van der Waals surface area contributed by atoms with Crippen LogP contribution in [0.15, 0.2) is 42.5 Å². The predicted octanol–water partition coefficient (Wildman–Crippen LogP) is 1.59. The third-order valence-electron chi connectivity index (χ3n) is 3.55. The molecular formula is C18H15F2N3O2. The first-order valence-corrected chi connectivity index (χ1v) is 7.40. The average Bonchev–Trinajstić information content (AvgIpc) is 2.58. The fourth-order valence-corrected chi connectivity index (χ4v) is 2.25. The standard InChI is InChI=1S/C18H15F2N3O2/c19-14-6-5-13(7-15(14)20)9-17(24)23-16(18(22)25)8-11-1-3-12(10-21)4-2-11/h1-7,16H,8-9H2,(H2,22,25)(H,23,24)/t16-/m1/s1. The van der Waals surface area contributed by atoms with Gasteiger partial charge in [0, 0.05) is 6.42 Å². The fourth-order valence-electron chi connectivity index (χ4n) is 2.25. The van der Waals surface area contributed by atoms with Crippen molar-refractivity contribution in [2.75, 3.05) is 0 Å².